The SMILES string of the molecule is O=C(NCC1CCCO1)C(=O)NC12CC3CC(CC(C3)C1)C2. The summed E-state index contributed by atoms with van der Waals surface area (Å²) in [5.74, 6) is 1.36. The Hall–Kier alpha value is -1.10. The van der Waals surface area contributed by atoms with E-state index in [4.69, 9.17) is 4.74 Å². The number of nitrogens with one attached hydrogen (secondary N) is 2. The van der Waals surface area contributed by atoms with Crippen LogP contribution in [0.3, 0.4) is 0 Å². The fourth-order valence-electron chi connectivity index (χ4n) is 5.65. The van der Waals surface area contributed by atoms with Crippen molar-refractivity contribution < 1.29 is 14.3 Å². The van der Waals surface area contributed by atoms with Crippen molar-refractivity contribution in [2.24, 2.45) is 17.8 Å². The highest BCUT2D eigenvalue weighted by Crippen LogP contribution is 2.55. The highest BCUT2D eigenvalue weighted by molar-refractivity contribution is 6.35. The van der Waals surface area contributed by atoms with E-state index >= 15 is 0 Å². The Kier molecular flexibility index (Phi) is 3.63. The van der Waals surface area contributed by atoms with Gasteiger partial charge in [-0.05, 0) is 69.1 Å². The first-order valence-electron chi connectivity index (χ1n) is 8.84. The van der Waals surface area contributed by atoms with E-state index < -0.39 is 11.8 Å². The van der Waals surface area contributed by atoms with Gasteiger partial charge in [0.2, 0.25) is 0 Å². The van der Waals surface area contributed by atoms with E-state index in [0.717, 1.165) is 56.5 Å². The molecule has 4 aliphatic carbocycles. The topological polar surface area (TPSA) is 67.4 Å². The van der Waals surface area contributed by atoms with Gasteiger partial charge in [0, 0.05) is 18.7 Å². The van der Waals surface area contributed by atoms with Crippen LogP contribution < -0.4 is 10.6 Å². The first kappa shape index (κ1) is 14.5. The first-order chi connectivity index (χ1) is 10.6. The number of hydrogen-bond donors (Lipinski definition) is 2. The number of rotatable bonds is 3. The minimum absolute atomic E-state index is 0.0799. The summed E-state index contributed by atoms with van der Waals surface area (Å²) in [5.41, 5.74) is -0.0902. The third kappa shape index (κ3) is 2.75. The van der Waals surface area contributed by atoms with Gasteiger partial charge in [0.15, 0.2) is 0 Å². The molecule has 2 amide bonds. The third-order valence-corrected chi connectivity index (χ3v) is 6.14. The van der Waals surface area contributed by atoms with E-state index in [-0.39, 0.29) is 11.6 Å². The maximum Gasteiger partial charge on any atom is 0.309 e. The minimum Gasteiger partial charge on any atom is -0.376 e. The smallest absolute Gasteiger partial charge is 0.309 e. The Balaban J connectivity index is 1.32. The van der Waals surface area contributed by atoms with Gasteiger partial charge in [-0.3, -0.25) is 9.59 Å². The number of carbonyl (C=O) groups excluding carboxylic acids is 2. The van der Waals surface area contributed by atoms with E-state index in [1.165, 1.54) is 19.3 Å². The van der Waals surface area contributed by atoms with E-state index in [1.54, 1.807) is 0 Å². The van der Waals surface area contributed by atoms with Gasteiger partial charge in [-0.1, -0.05) is 0 Å². The molecule has 0 aromatic rings. The van der Waals surface area contributed by atoms with Gasteiger partial charge in [0.05, 0.1) is 6.10 Å². The van der Waals surface area contributed by atoms with E-state index in [0.29, 0.717) is 6.54 Å². The van der Waals surface area contributed by atoms with E-state index in [1.807, 2.05) is 0 Å². The molecule has 1 aliphatic heterocycles. The van der Waals surface area contributed by atoms with Crippen molar-refractivity contribution in [2.75, 3.05) is 13.2 Å². The van der Waals surface area contributed by atoms with Crippen molar-refractivity contribution >= 4 is 11.8 Å². The average Bonchev–Trinajstić information content (AvgIpc) is 2.95. The Morgan fingerprint density at radius 1 is 1.00 bits per heavy atom. The number of ether oxygens (including phenoxy) is 1. The lowest BCUT2D eigenvalue weighted by atomic mass is 9.53. The molecule has 1 atom stereocenters. The molecule has 1 unspecified atom stereocenters. The summed E-state index contributed by atoms with van der Waals surface area (Å²) in [4.78, 5) is 24.3. The van der Waals surface area contributed by atoms with Crippen LogP contribution in [-0.2, 0) is 14.3 Å². The molecule has 22 heavy (non-hydrogen) atoms. The molecular weight excluding hydrogens is 280 g/mol. The fraction of sp³-hybridized carbons (Fsp3) is 0.882. The normalized spacial score (nSPS) is 42.4. The molecule has 5 heteroatoms. The lowest BCUT2D eigenvalue weighted by Gasteiger charge is -2.56. The van der Waals surface area contributed by atoms with Gasteiger partial charge in [0.1, 0.15) is 0 Å². The van der Waals surface area contributed by atoms with Crippen molar-refractivity contribution in [1.82, 2.24) is 10.6 Å². The highest BCUT2D eigenvalue weighted by atomic mass is 16.5. The Labute approximate surface area is 131 Å². The van der Waals surface area contributed by atoms with Crippen LogP contribution in [0.2, 0.25) is 0 Å². The highest BCUT2D eigenvalue weighted by Gasteiger charge is 2.51. The molecule has 5 aliphatic rings. The summed E-state index contributed by atoms with van der Waals surface area (Å²) in [6, 6.07) is 0. The van der Waals surface area contributed by atoms with Crippen LogP contribution in [0.15, 0.2) is 0 Å². The molecule has 5 fully saturated rings. The first-order valence-corrected chi connectivity index (χ1v) is 8.84. The maximum absolute atomic E-state index is 12.3. The van der Waals surface area contributed by atoms with Gasteiger partial charge in [0.25, 0.3) is 0 Å². The third-order valence-electron chi connectivity index (χ3n) is 6.14. The van der Waals surface area contributed by atoms with Gasteiger partial charge in [-0.15, -0.1) is 0 Å². The molecule has 0 aromatic heterocycles. The van der Waals surface area contributed by atoms with Crippen molar-refractivity contribution in [2.45, 2.75) is 63.0 Å². The molecule has 2 N–H and O–H groups in total. The zero-order valence-electron chi connectivity index (χ0n) is 13.1. The standard InChI is InChI=1S/C17H26N2O3/c20-15(18-10-14-2-1-3-22-14)16(21)19-17-7-11-4-12(8-17)6-13(5-11)9-17/h11-14H,1-10H2,(H,18,20)(H,19,21). The Morgan fingerprint density at radius 2 is 1.64 bits per heavy atom. The molecule has 0 aromatic carbocycles. The van der Waals surface area contributed by atoms with Gasteiger partial charge < -0.3 is 15.4 Å². The Morgan fingerprint density at radius 3 is 2.18 bits per heavy atom. The summed E-state index contributed by atoms with van der Waals surface area (Å²) in [6.45, 7) is 1.22. The van der Waals surface area contributed by atoms with Gasteiger partial charge >= 0.3 is 11.8 Å². The second-order valence-corrected chi connectivity index (χ2v) is 8.00. The van der Waals surface area contributed by atoms with Crippen LogP contribution in [-0.4, -0.2) is 36.6 Å². The van der Waals surface area contributed by atoms with Gasteiger partial charge in [-0.2, -0.15) is 0 Å². The summed E-state index contributed by atoms with van der Waals surface area (Å²) in [6.07, 6.45) is 9.31. The molecule has 4 bridgehead atoms. The van der Waals surface area contributed by atoms with Crippen molar-refractivity contribution in [1.29, 1.82) is 0 Å². The van der Waals surface area contributed by atoms with Crippen molar-refractivity contribution in [3.63, 3.8) is 0 Å². The number of carbonyl (C=O) groups is 2. The van der Waals surface area contributed by atoms with Crippen molar-refractivity contribution in [3.05, 3.63) is 0 Å². The zero-order valence-corrected chi connectivity index (χ0v) is 13.1. The maximum atomic E-state index is 12.3. The summed E-state index contributed by atoms with van der Waals surface area (Å²) in [7, 11) is 0. The molecule has 0 radical (unpaired) electrons. The monoisotopic (exact) mass is 306 g/mol. The molecule has 1 heterocycles. The second kappa shape index (κ2) is 5.52. The predicted molar refractivity (Wildman–Crippen MR) is 81.0 cm³/mol. The van der Waals surface area contributed by atoms with Crippen LogP contribution >= 0.6 is 0 Å². The largest absolute Gasteiger partial charge is 0.376 e. The molecule has 1 saturated heterocycles. The zero-order chi connectivity index (χ0) is 15.2. The van der Waals surface area contributed by atoms with Crippen LogP contribution in [0.25, 0.3) is 0 Å². The lowest BCUT2D eigenvalue weighted by molar-refractivity contribution is -0.142. The predicted octanol–water partition coefficient (Wildman–Crippen LogP) is 1.37. The summed E-state index contributed by atoms with van der Waals surface area (Å²) < 4.78 is 5.47. The number of hydrogen-bond acceptors (Lipinski definition) is 3. The van der Waals surface area contributed by atoms with Gasteiger partial charge in [-0.25, -0.2) is 0 Å². The summed E-state index contributed by atoms with van der Waals surface area (Å²) >= 11 is 0. The molecule has 5 rings (SSSR count). The van der Waals surface area contributed by atoms with Crippen LogP contribution in [0.4, 0.5) is 0 Å². The summed E-state index contributed by atoms with van der Waals surface area (Å²) in [5, 5.41) is 5.84. The molecule has 5 nitrogen and oxygen atoms in total. The van der Waals surface area contributed by atoms with Crippen LogP contribution in [0.1, 0.15) is 51.4 Å². The van der Waals surface area contributed by atoms with Crippen molar-refractivity contribution in [3.8, 4) is 0 Å². The minimum atomic E-state index is -0.494. The quantitative estimate of drug-likeness (QED) is 0.774. The van der Waals surface area contributed by atoms with Crippen LogP contribution in [0, 0.1) is 17.8 Å². The van der Waals surface area contributed by atoms with Crippen LogP contribution in [0.5, 0.6) is 0 Å². The molecule has 4 saturated carbocycles. The Bertz CT molecular complexity index is 435. The molecule has 122 valence electrons. The van der Waals surface area contributed by atoms with E-state index in [9.17, 15) is 9.59 Å². The number of amides is 2. The van der Waals surface area contributed by atoms with E-state index in [2.05, 4.69) is 10.6 Å². The molecule has 0 spiro atoms. The molecular formula is C17H26N2O3. The second-order valence-electron chi connectivity index (χ2n) is 8.00. The average molecular weight is 306 g/mol. The lowest BCUT2D eigenvalue weighted by Crippen LogP contribution is -2.61. The fourth-order valence-corrected chi connectivity index (χ4v) is 5.65.